The molecule has 0 unspecified atom stereocenters. The molecule has 3 aromatic rings. The third-order valence-corrected chi connectivity index (χ3v) is 6.07. The summed E-state index contributed by atoms with van der Waals surface area (Å²) in [5.41, 5.74) is 3.28. The van der Waals surface area contributed by atoms with Crippen LogP contribution in [0, 0.1) is 0 Å². The molecule has 5 rings (SSSR count). The van der Waals surface area contributed by atoms with Crippen molar-refractivity contribution in [3.8, 4) is 5.75 Å². The standard InChI is InChI=1S/C26H25NO4/c28-24(17-27-13-5-2-6-14-27)30-20-10-12-21-23(16-20)31-26-19(9-11-22(26)25(21)29)15-18-7-3-1-4-8-18/h1,3-4,7-8,10,12,15-16H,2,5-6,9,11,13-14,17H2/b19-15+. The highest BCUT2D eigenvalue weighted by molar-refractivity contribution is 5.87. The quantitative estimate of drug-likeness (QED) is 0.458. The summed E-state index contributed by atoms with van der Waals surface area (Å²) in [6.45, 7) is 2.16. The smallest absolute Gasteiger partial charge is 0.325 e. The minimum atomic E-state index is -0.283. The largest absolute Gasteiger partial charge is 0.456 e. The normalized spacial score (nSPS) is 17.7. The molecule has 1 aliphatic carbocycles. The van der Waals surface area contributed by atoms with Crippen molar-refractivity contribution in [2.24, 2.45) is 0 Å². The summed E-state index contributed by atoms with van der Waals surface area (Å²) in [5.74, 6) is 0.775. The lowest BCUT2D eigenvalue weighted by Crippen LogP contribution is -2.36. The lowest BCUT2D eigenvalue weighted by atomic mass is 10.1. The number of fused-ring (bicyclic) bond motifs is 2. The van der Waals surface area contributed by atoms with Gasteiger partial charge >= 0.3 is 5.97 Å². The summed E-state index contributed by atoms with van der Waals surface area (Å²) in [6.07, 6.45) is 7.00. The minimum Gasteiger partial charge on any atom is -0.456 e. The van der Waals surface area contributed by atoms with Gasteiger partial charge in [-0.2, -0.15) is 0 Å². The second kappa shape index (κ2) is 8.52. The van der Waals surface area contributed by atoms with Gasteiger partial charge in [0.05, 0.1) is 11.9 Å². The number of carbonyl (C=O) groups excluding carboxylic acids is 1. The van der Waals surface area contributed by atoms with Crippen LogP contribution < -0.4 is 10.2 Å². The zero-order chi connectivity index (χ0) is 21.2. The summed E-state index contributed by atoms with van der Waals surface area (Å²) in [5, 5.41) is 0.524. The molecular formula is C26H25NO4. The number of esters is 1. The Bertz CT molecular complexity index is 1200. The van der Waals surface area contributed by atoms with Crippen molar-refractivity contribution in [3.63, 3.8) is 0 Å². The molecule has 2 heterocycles. The van der Waals surface area contributed by atoms with Crippen LogP contribution in [0.2, 0.25) is 0 Å². The highest BCUT2D eigenvalue weighted by atomic mass is 16.5. The Kier molecular flexibility index (Phi) is 5.43. The number of allylic oxidation sites excluding steroid dienone is 1. The van der Waals surface area contributed by atoms with Gasteiger partial charge in [-0.05, 0) is 68.1 Å². The molecule has 1 aliphatic heterocycles. The second-order valence-electron chi connectivity index (χ2n) is 8.29. The minimum absolute atomic E-state index is 0.00101. The molecule has 1 fully saturated rings. The van der Waals surface area contributed by atoms with Gasteiger partial charge < -0.3 is 9.15 Å². The van der Waals surface area contributed by atoms with Crippen LogP contribution in [-0.4, -0.2) is 30.5 Å². The molecule has 0 amide bonds. The maximum absolute atomic E-state index is 13.0. The highest BCUT2D eigenvalue weighted by Crippen LogP contribution is 2.34. The van der Waals surface area contributed by atoms with Crippen LogP contribution in [0.25, 0.3) is 22.6 Å². The van der Waals surface area contributed by atoms with Crippen molar-refractivity contribution >= 4 is 28.6 Å². The van der Waals surface area contributed by atoms with E-state index in [9.17, 15) is 9.59 Å². The molecule has 2 aromatic carbocycles. The number of hydrogen-bond acceptors (Lipinski definition) is 5. The Morgan fingerprint density at radius 2 is 1.84 bits per heavy atom. The third-order valence-electron chi connectivity index (χ3n) is 6.07. The lowest BCUT2D eigenvalue weighted by molar-refractivity contribution is -0.135. The van der Waals surface area contributed by atoms with Crippen LogP contribution >= 0.6 is 0 Å². The molecule has 0 radical (unpaired) electrons. The molecule has 0 spiro atoms. The monoisotopic (exact) mass is 415 g/mol. The SMILES string of the molecule is O=C(CN1CCCCC1)Oc1ccc2c(=O)c3c(oc2c1)/C(=C/c1ccccc1)CC3. The first kappa shape index (κ1) is 19.8. The molecule has 0 N–H and O–H groups in total. The fraction of sp³-hybridized carbons (Fsp3) is 0.308. The van der Waals surface area contributed by atoms with Gasteiger partial charge in [0.2, 0.25) is 0 Å². The van der Waals surface area contributed by atoms with E-state index in [1.807, 2.05) is 30.3 Å². The molecule has 0 atom stereocenters. The van der Waals surface area contributed by atoms with Gasteiger partial charge in [0.15, 0.2) is 5.43 Å². The Labute approximate surface area is 180 Å². The topological polar surface area (TPSA) is 59.8 Å². The Morgan fingerprint density at radius 3 is 2.65 bits per heavy atom. The lowest BCUT2D eigenvalue weighted by Gasteiger charge is -2.25. The van der Waals surface area contributed by atoms with Gasteiger partial charge in [-0.15, -0.1) is 0 Å². The van der Waals surface area contributed by atoms with E-state index < -0.39 is 0 Å². The number of rotatable bonds is 4. The number of likely N-dealkylation sites (tertiary alicyclic amines) is 1. The number of hydrogen-bond donors (Lipinski definition) is 0. The highest BCUT2D eigenvalue weighted by Gasteiger charge is 2.24. The van der Waals surface area contributed by atoms with E-state index in [1.165, 1.54) is 6.42 Å². The van der Waals surface area contributed by atoms with Gasteiger partial charge in [0.1, 0.15) is 17.1 Å². The summed E-state index contributed by atoms with van der Waals surface area (Å²) < 4.78 is 11.7. The van der Waals surface area contributed by atoms with Crippen LogP contribution in [-0.2, 0) is 11.2 Å². The Hall–Kier alpha value is -3.18. The number of carbonyl (C=O) groups is 1. The maximum atomic E-state index is 13.0. The molecule has 1 saturated heterocycles. The van der Waals surface area contributed by atoms with Crippen LogP contribution in [0.15, 0.2) is 57.7 Å². The average Bonchev–Trinajstić information content (AvgIpc) is 3.18. The van der Waals surface area contributed by atoms with Gasteiger partial charge in [0.25, 0.3) is 0 Å². The van der Waals surface area contributed by atoms with E-state index >= 15 is 0 Å². The third kappa shape index (κ3) is 4.19. The molecule has 1 aromatic heterocycles. The van der Waals surface area contributed by atoms with Crippen molar-refractivity contribution in [2.75, 3.05) is 19.6 Å². The van der Waals surface area contributed by atoms with Gasteiger partial charge in [-0.3, -0.25) is 14.5 Å². The fourth-order valence-corrected chi connectivity index (χ4v) is 4.49. The predicted molar refractivity (Wildman–Crippen MR) is 121 cm³/mol. The molecule has 0 bridgehead atoms. The van der Waals surface area contributed by atoms with E-state index in [2.05, 4.69) is 11.0 Å². The van der Waals surface area contributed by atoms with E-state index in [0.29, 0.717) is 28.9 Å². The van der Waals surface area contributed by atoms with Crippen LogP contribution in [0.1, 0.15) is 42.6 Å². The molecule has 5 nitrogen and oxygen atoms in total. The Morgan fingerprint density at radius 1 is 1.03 bits per heavy atom. The van der Waals surface area contributed by atoms with Crippen LogP contribution in [0.4, 0.5) is 0 Å². The van der Waals surface area contributed by atoms with E-state index in [-0.39, 0.29) is 17.9 Å². The molecule has 2 aliphatic rings. The van der Waals surface area contributed by atoms with Crippen LogP contribution in [0.3, 0.4) is 0 Å². The van der Waals surface area contributed by atoms with E-state index in [1.54, 1.807) is 18.2 Å². The maximum Gasteiger partial charge on any atom is 0.325 e. The molecule has 5 heteroatoms. The van der Waals surface area contributed by atoms with Gasteiger partial charge in [-0.25, -0.2) is 0 Å². The van der Waals surface area contributed by atoms with Crippen molar-refractivity contribution in [2.45, 2.75) is 32.1 Å². The molecular weight excluding hydrogens is 390 g/mol. The van der Waals surface area contributed by atoms with E-state index in [0.717, 1.165) is 49.1 Å². The van der Waals surface area contributed by atoms with Crippen LogP contribution in [0.5, 0.6) is 5.75 Å². The summed E-state index contributed by atoms with van der Waals surface area (Å²) >= 11 is 0. The van der Waals surface area contributed by atoms with Gasteiger partial charge in [-0.1, -0.05) is 36.8 Å². The molecule has 0 saturated carbocycles. The zero-order valence-electron chi connectivity index (χ0n) is 17.4. The first-order valence-corrected chi connectivity index (χ1v) is 11.0. The second-order valence-corrected chi connectivity index (χ2v) is 8.29. The number of ether oxygens (including phenoxy) is 1. The number of benzene rings is 2. The van der Waals surface area contributed by atoms with E-state index in [4.69, 9.17) is 9.15 Å². The fourth-order valence-electron chi connectivity index (χ4n) is 4.49. The number of piperidine rings is 1. The summed E-state index contributed by atoms with van der Waals surface area (Å²) in [7, 11) is 0. The predicted octanol–water partition coefficient (Wildman–Crippen LogP) is 4.67. The van der Waals surface area contributed by atoms with Crippen molar-refractivity contribution in [1.29, 1.82) is 0 Å². The summed E-state index contributed by atoms with van der Waals surface area (Å²) in [6, 6.07) is 15.1. The number of nitrogens with zero attached hydrogens (tertiary/aromatic N) is 1. The molecule has 158 valence electrons. The summed E-state index contributed by atoms with van der Waals surface area (Å²) in [4.78, 5) is 27.5. The van der Waals surface area contributed by atoms with Crippen molar-refractivity contribution < 1.29 is 13.9 Å². The Balaban J connectivity index is 1.42. The van der Waals surface area contributed by atoms with Crippen molar-refractivity contribution in [1.82, 2.24) is 4.90 Å². The first-order chi connectivity index (χ1) is 15.2. The molecule has 31 heavy (non-hydrogen) atoms. The average molecular weight is 415 g/mol. The van der Waals surface area contributed by atoms with Gasteiger partial charge in [0, 0.05) is 11.6 Å². The first-order valence-electron chi connectivity index (χ1n) is 11.0. The van der Waals surface area contributed by atoms with Crippen molar-refractivity contribution in [3.05, 3.63) is 75.6 Å². The zero-order valence-corrected chi connectivity index (χ0v) is 17.4.